The monoisotopic (exact) mass is 537 g/mol. The van der Waals surface area contributed by atoms with Crippen molar-refractivity contribution in [2.24, 2.45) is 5.41 Å². The Balaban J connectivity index is 1.35. The van der Waals surface area contributed by atoms with Gasteiger partial charge in [0, 0.05) is 16.4 Å². The third-order valence-corrected chi connectivity index (χ3v) is 9.35. The van der Waals surface area contributed by atoms with Crippen molar-refractivity contribution in [2.75, 3.05) is 5.75 Å². The first-order chi connectivity index (χ1) is 18.9. The zero-order valence-electron chi connectivity index (χ0n) is 22.3. The van der Waals surface area contributed by atoms with Gasteiger partial charge in [0.05, 0.1) is 17.6 Å². The minimum Gasteiger partial charge on any atom is -0.508 e. The van der Waals surface area contributed by atoms with E-state index in [1.54, 1.807) is 6.07 Å². The Morgan fingerprint density at radius 1 is 1.03 bits per heavy atom. The molecule has 1 aliphatic rings. The summed E-state index contributed by atoms with van der Waals surface area (Å²) in [7, 11) is 0. The van der Waals surface area contributed by atoms with Gasteiger partial charge in [-0.15, -0.1) is 0 Å². The van der Waals surface area contributed by atoms with Crippen molar-refractivity contribution >= 4 is 40.8 Å². The number of benzene rings is 3. The molecule has 1 aliphatic carbocycles. The molecule has 1 heterocycles. The lowest BCUT2D eigenvalue weighted by Crippen LogP contribution is -2.12. The number of nitrogens with zero attached hydrogens (tertiary/aromatic N) is 1. The lowest BCUT2D eigenvalue weighted by molar-refractivity contribution is -0.138. The standard InChI is InChI=1S/C34H35NO3S/c1-2-24-10-12-26-13-16-29(35-30(26)21-24)15-11-25-6-5-8-28(20-25)32(17-14-27-7-3-4-9-31(27)36)39-23-34(18-19-34)22-33(37)38/h3-13,15-16,20-21,32,36H,2,14,17-19,22-23H2,1H3,(H,37,38)/b15-11+/t32-/m1/s1. The molecule has 2 N–H and O–H groups in total. The van der Waals surface area contributed by atoms with Gasteiger partial charge in [0.25, 0.3) is 0 Å². The minimum atomic E-state index is -0.709. The van der Waals surface area contributed by atoms with Crippen molar-refractivity contribution in [3.63, 3.8) is 0 Å². The van der Waals surface area contributed by atoms with Gasteiger partial charge in [-0.05, 0) is 84.0 Å². The molecule has 3 aromatic carbocycles. The first-order valence-corrected chi connectivity index (χ1v) is 14.8. The number of carbonyl (C=O) groups is 1. The highest BCUT2D eigenvalue weighted by molar-refractivity contribution is 7.99. The largest absolute Gasteiger partial charge is 0.508 e. The molecule has 5 rings (SSSR count). The van der Waals surface area contributed by atoms with Gasteiger partial charge in [-0.3, -0.25) is 4.79 Å². The number of hydrogen-bond acceptors (Lipinski definition) is 4. The van der Waals surface area contributed by atoms with Gasteiger partial charge in [0.1, 0.15) is 5.75 Å². The number of aliphatic carboxylic acids is 1. The average Bonchev–Trinajstić information content (AvgIpc) is 3.71. The maximum Gasteiger partial charge on any atom is 0.303 e. The summed E-state index contributed by atoms with van der Waals surface area (Å²) in [6, 6.07) is 26.7. The molecule has 39 heavy (non-hydrogen) atoms. The molecule has 4 aromatic rings. The summed E-state index contributed by atoms with van der Waals surface area (Å²) in [5.74, 6) is 0.460. The van der Waals surface area contributed by atoms with Crippen LogP contribution in [0.2, 0.25) is 0 Å². The molecule has 1 atom stereocenters. The van der Waals surface area contributed by atoms with Gasteiger partial charge in [0.15, 0.2) is 0 Å². The zero-order chi connectivity index (χ0) is 27.2. The van der Waals surface area contributed by atoms with E-state index in [0.29, 0.717) is 5.75 Å². The fraction of sp³-hybridized carbons (Fsp3) is 0.294. The quantitative estimate of drug-likeness (QED) is 0.190. The van der Waals surface area contributed by atoms with Crippen molar-refractivity contribution < 1.29 is 15.0 Å². The Morgan fingerprint density at radius 2 is 1.85 bits per heavy atom. The van der Waals surface area contributed by atoms with E-state index in [1.807, 2.05) is 30.0 Å². The SMILES string of the molecule is CCc1ccc2ccc(/C=C/c3cccc([C@@H](CCc4ccccc4O)SCC4(CC(=O)O)CC4)c3)nc2c1. The van der Waals surface area contributed by atoms with Crippen LogP contribution in [0.15, 0.2) is 78.9 Å². The lowest BCUT2D eigenvalue weighted by atomic mass is 10.0. The third kappa shape index (κ3) is 7.10. The van der Waals surface area contributed by atoms with Crippen molar-refractivity contribution in [3.8, 4) is 5.75 Å². The van der Waals surface area contributed by atoms with E-state index in [0.717, 1.165) is 65.6 Å². The van der Waals surface area contributed by atoms with E-state index < -0.39 is 5.97 Å². The van der Waals surface area contributed by atoms with Crippen LogP contribution in [0.1, 0.15) is 65.8 Å². The summed E-state index contributed by atoms with van der Waals surface area (Å²) >= 11 is 1.86. The number of aryl methyl sites for hydroxylation is 2. The second kappa shape index (κ2) is 12.1. The van der Waals surface area contributed by atoms with E-state index in [4.69, 9.17) is 4.98 Å². The topological polar surface area (TPSA) is 70.4 Å². The number of aromatic hydroxyl groups is 1. The second-order valence-corrected chi connectivity index (χ2v) is 11.8. The summed E-state index contributed by atoms with van der Waals surface area (Å²) in [4.78, 5) is 16.3. The Hall–Kier alpha value is -3.57. The van der Waals surface area contributed by atoms with Gasteiger partial charge >= 0.3 is 5.97 Å². The number of fused-ring (bicyclic) bond motifs is 1. The summed E-state index contributed by atoms with van der Waals surface area (Å²) in [6.45, 7) is 2.16. The number of phenolic OH excluding ortho intramolecular Hbond substituents is 1. The van der Waals surface area contributed by atoms with Crippen LogP contribution in [0.25, 0.3) is 23.1 Å². The van der Waals surface area contributed by atoms with E-state index in [1.165, 1.54) is 11.1 Å². The molecule has 0 amide bonds. The highest BCUT2D eigenvalue weighted by Gasteiger charge is 2.44. The van der Waals surface area contributed by atoms with Crippen LogP contribution in [0, 0.1) is 5.41 Å². The maximum atomic E-state index is 11.4. The first kappa shape index (κ1) is 27.0. The summed E-state index contributed by atoms with van der Waals surface area (Å²) in [5, 5.41) is 21.0. The number of hydrogen-bond donors (Lipinski definition) is 2. The van der Waals surface area contributed by atoms with E-state index in [9.17, 15) is 15.0 Å². The Bertz CT molecular complexity index is 1490. The lowest BCUT2D eigenvalue weighted by Gasteiger charge is -2.21. The Morgan fingerprint density at radius 3 is 2.62 bits per heavy atom. The number of carboxylic acids is 1. The summed E-state index contributed by atoms with van der Waals surface area (Å²) in [6.07, 6.45) is 9.01. The Kier molecular flexibility index (Phi) is 8.37. The molecule has 1 aromatic heterocycles. The molecule has 0 radical (unpaired) electrons. The molecular weight excluding hydrogens is 502 g/mol. The number of carboxylic acid groups (broad SMARTS) is 1. The smallest absolute Gasteiger partial charge is 0.303 e. The van der Waals surface area contributed by atoms with Crippen LogP contribution in [-0.4, -0.2) is 26.9 Å². The van der Waals surface area contributed by atoms with Crippen LogP contribution in [0.4, 0.5) is 0 Å². The van der Waals surface area contributed by atoms with Crippen LogP contribution in [0.5, 0.6) is 5.75 Å². The fourth-order valence-electron chi connectivity index (χ4n) is 5.04. The van der Waals surface area contributed by atoms with Crippen molar-refractivity contribution in [1.82, 2.24) is 4.98 Å². The molecule has 200 valence electrons. The molecule has 4 nitrogen and oxygen atoms in total. The number of para-hydroxylation sites is 1. The number of phenols is 1. The van der Waals surface area contributed by atoms with Crippen molar-refractivity contribution in [1.29, 1.82) is 0 Å². The van der Waals surface area contributed by atoms with E-state index >= 15 is 0 Å². The predicted molar refractivity (Wildman–Crippen MR) is 162 cm³/mol. The number of rotatable bonds is 12. The van der Waals surface area contributed by atoms with Gasteiger partial charge < -0.3 is 10.2 Å². The molecule has 0 bridgehead atoms. The first-order valence-electron chi connectivity index (χ1n) is 13.7. The molecule has 0 unspecified atom stereocenters. The van der Waals surface area contributed by atoms with E-state index in [-0.39, 0.29) is 17.1 Å². The third-order valence-electron chi connectivity index (χ3n) is 7.66. The van der Waals surface area contributed by atoms with Gasteiger partial charge in [-0.25, -0.2) is 4.98 Å². The fourth-order valence-corrected chi connectivity index (χ4v) is 6.61. The molecule has 5 heteroatoms. The number of aromatic nitrogens is 1. The Labute approximate surface area is 234 Å². The highest BCUT2D eigenvalue weighted by Crippen LogP contribution is 2.53. The van der Waals surface area contributed by atoms with Gasteiger partial charge in [-0.1, -0.05) is 73.7 Å². The molecular formula is C34H35NO3S. The summed E-state index contributed by atoms with van der Waals surface area (Å²) < 4.78 is 0. The van der Waals surface area contributed by atoms with Gasteiger partial charge in [-0.2, -0.15) is 11.8 Å². The molecule has 0 saturated heterocycles. The zero-order valence-corrected chi connectivity index (χ0v) is 23.2. The maximum absolute atomic E-state index is 11.4. The van der Waals surface area contributed by atoms with E-state index in [2.05, 4.69) is 73.7 Å². The van der Waals surface area contributed by atoms with Gasteiger partial charge in [0.2, 0.25) is 0 Å². The van der Waals surface area contributed by atoms with Crippen LogP contribution >= 0.6 is 11.8 Å². The molecule has 0 aliphatic heterocycles. The van der Waals surface area contributed by atoms with Crippen molar-refractivity contribution in [2.45, 2.75) is 50.7 Å². The number of thioether (sulfide) groups is 1. The minimum absolute atomic E-state index is 0.0689. The van der Waals surface area contributed by atoms with Crippen LogP contribution in [-0.2, 0) is 17.6 Å². The predicted octanol–water partition coefficient (Wildman–Crippen LogP) is 8.34. The average molecular weight is 538 g/mol. The number of pyridine rings is 1. The summed E-state index contributed by atoms with van der Waals surface area (Å²) in [5.41, 5.74) is 6.43. The highest BCUT2D eigenvalue weighted by atomic mass is 32.2. The molecule has 1 saturated carbocycles. The molecule has 1 fully saturated rings. The van der Waals surface area contributed by atoms with Crippen LogP contribution < -0.4 is 0 Å². The second-order valence-electron chi connectivity index (χ2n) is 10.7. The normalized spacial score (nSPS) is 15.0. The molecule has 0 spiro atoms. The van der Waals surface area contributed by atoms with Crippen molar-refractivity contribution in [3.05, 3.63) is 107 Å². The van der Waals surface area contributed by atoms with Crippen LogP contribution in [0.3, 0.4) is 0 Å².